The van der Waals surface area contributed by atoms with E-state index in [1.54, 1.807) is 54.6 Å². The van der Waals surface area contributed by atoms with Crippen LogP contribution < -0.4 is 16.0 Å². The van der Waals surface area contributed by atoms with Crippen LogP contribution in [0.5, 0.6) is 0 Å². The summed E-state index contributed by atoms with van der Waals surface area (Å²) in [6.45, 7) is 0. The first-order chi connectivity index (χ1) is 21.9. The van der Waals surface area contributed by atoms with E-state index in [2.05, 4.69) is 16.0 Å². The SMILES string of the molecule is O=C(Nc1cccc(SC(C(=O)Nc2ccc([N+](=O)[O-])cc2)c2ccccc2)c1)/C(=C/c1ccsc1)NC(=O)c1ccccc1. The summed E-state index contributed by atoms with van der Waals surface area (Å²) >= 11 is 2.76. The van der Waals surface area contributed by atoms with Crippen molar-refractivity contribution in [3.05, 3.63) is 159 Å². The molecule has 1 atom stereocenters. The minimum atomic E-state index is -0.674. The maximum absolute atomic E-state index is 13.5. The van der Waals surface area contributed by atoms with Gasteiger partial charge in [-0.3, -0.25) is 24.5 Å². The molecule has 0 fully saturated rings. The third-order valence-corrected chi connectivity index (χ3v) is 8.36. The van der Waals surface area contributed by atoms with Gasteiger partial charge in [-0.2, -0.15) is 11.3 Å². The van der Waals surface area contributed by atoms with Crippen molar-refractivity contribution < 1.29 is 19.3 Å². The van der Waals surface area contributed by atoms with Crippen LogP contribution in [-0.4, -0.2) is 22.6 Å². The molecule has 1 heterocycles. The molecule has 45 heavy (non-hydrogen) atoms. The highest BCUT2D eigenvalue weighted by Crippen LogP contribution is 2.37. The summed E-state index contributed by atoms with van der Waals surface area (Å²) in [5.41, 5.74) is 2.83. The summed E-state index contributed by atoms with van der Waals surface area (Å²) in [4.78, 5) is 51.0. The molecule has 0 bridgehead atoms. The highest BCUT2D eigenvalue weighted by atomic mass is 32.2. The predicted molar refractivity (Wildman–Crippen MR) is 178 cm³/mol. The molecule has 0 aliphatic carbocycles. The molecule has 4 aromatic carbocycles. The summed E-state index contributed by atoms with van der Waals surface area (Å²) in [7, 11) is 0. The molecule has 3 amide bonds. The number of nitro benzene ring substituents is 1. The molecule has 224 valence electrons. The standard InChI is InChI=1S/C34H26N4O5S2/c39-32(25-10-5-2-6-11-25)37-30(20-23-18-19-44-22-23)33(40)36-27-12-7-13-29(21-27)45-31(24-8-3-1-4-9-24)34(41)35-26-14-16-28(17-15-26)38(42)43/h1-22,31H,(H,35,41)(H,36,40)(H,37,39)/b30-20-. The molecule has 0 saturated heterocycles. The third kappa shape index (κ3) is 8.53. The number of non-ortho nitro benzene ring substituents is 1. The zero-order valence-electron chi connectivity index (χ0n) is 23.6. The molecule has 5 rings (SSSR count). The van der Waals surface area contributed by atoms with Crippen molar-refractivity contribution in [3.8, 4) is 0 Å². The summed E-state index contributed by atoms with van der Waals surface area (Å²) < 4.78 is 0. The van der Waals surface area contributed by atoms with Crippen LogP contribution >= 0.6 is 23.1 Å². The number of anilines is 2. The second kappa shape index (κ2) is 14.8. The van der Waals surface area contributed by atoms with Crippen molar-refractivity contribution in [1.29, 1.82) is 0 Å². The van der Waals surface area contributed by atoms with E-state index in [1.807, 2.05) is 53.2 Å². The fourth-order valence-corrected chi connectivity index (χ4v) is 5.92. The summed E-state index contributed by atoms with van der Waals surface area (Å²) in [6.07, 6.45) is 1.61. The average molecular weight is 635 g/mol. The molecular weight excluding hydrogens is 609 g/mol. The Bertz CT molecular complexity index is 1830. The number of thioether (sulfide) groups is 1. The number of benzene rings is 4. The number of nitro groups is 1. The molecule has 0 spiro atoms. The normalized spacial score (nSPS) is 11.7. The second-order valence-corrected chi connectivity index (χ2v) is 11.6. The van der Waals surface area contributed by atoms with E-state index in [4.69, 9.17) is 0 Å². The molecule has 1 aromatic heterocycles. The van der Waals surface area contributed by atoms with Gasteiger partial charge in [0.05, 0.1) is 4.92 Å². The molecular formula is C34H26N4O5S2. The summed E-state index contributed by atoms with van der Waals surface area (Å²) in [5, 5.41) is 22.5. The highest BCUT2D eigenvalue weighted by molar-refractivity contribution is 8.00. The van der Waals surface area contributed by atoms with Gasteiger partial charge >= 0.3 is 0 Å². The molecule has 5 aromatic rings. The van der Waals surface area contributed by atoms with Crippen LogP contribution in [-0.2, 0) is 9.59 Å². The minimum Gasteiger partial charge on any atom is -0.325 e. The average Bonchev–Trinajstić information content (AvgIpc) is 3.58. The van der Waals surface area contributed by atoms with Gasteiger partial charge in [0.2, 0.25) is 5.91 Å². The van der Waals surface area contributed by atoms with Crippen molar-refractivity contribution in [2.24, 2.45) is 0 Å². The maximum atomic E-state index is 13.5. The quantitative estimate of drug-likeness (QED) is 0.0596. The van der Waals surface area contributed by atoms with E-state index >= 15 is 0 Å². The van der Waals surface area contributed by atoms with Crippen molar-refractivity contribution in [2.45, 2.75) is 10.1 Å². The zero-order chi connectivity index (χ0) is 31.6. The van der Waals surface area contributed by atoms with Crippen molar-refractivity contribution in [1.82, 2.24) is 5.32 Å². The van der Waals surface area contributed by atoms with Gasteiger partial charge < -0.3 is 16.0 Å². The second-order valence-electron chi connectivity index (χ2n) is 9.62. The molecule has 0 aliphatic rings. The van der Waals surface area contributed by atoms with Gasteiger partial charge in [0.15, 0.2) is 0 Å². The Labute approximate surface area is 267 Å². The Morgan fingerprint density at radius 2 is 1.51 bits per heavy atom. The lowest BCUT2D eigenvalue weighted by Crippen LogP contribution is -2.30. The Balaban J connectivity index is 1.34. The minimum absolute atomic E-state index is 0.0740. The first-order valence-corrected chi connectivity index (χ1v) is 15.5. The van der Waals surface area contributed by atoms with Gasteiger partial charge in [-0.05, 0) is 76.5 Å². The van der Waals surface area contributed by atoms with E-state index in [1.165, 1.54) is 47.4 Å². The van der Waals surface area contributed by atoms with Crippen LogP contribution in [0.2, 0.25) is 0 Å². The number of thiophene rings is 1. The molecule has 0 aliphatic heterocycles. The number of rotatable bonds is 11. The Hall–Kier alpha value is -5.52. The number of carbonyl (C=O) groups is 3. The number of carbonyl (C=O) groups excluding carboxylic acids is 3. The molecule has 9 nitrogen and oxygen atoms in total. The molecule has 0 saturated carbocycles. The van der Waals surface area contributed by atoms with Crippen LogP contribution in [0.15, 0.2) is 137 Å². The Morgan fingerprint density at radius 1 is 0.800 bits per heavy atom. The largest absolute Gasteiger partial charge is 0.325 e. The lowest BCUT2D eigenvalue weighted by molar-refractivity contribution is -0.384. The van der Waals surface area contributed by atoms with Crippen molar-refractivity contribution in [2.75, 3.05) is 10.6 Å². The summed E-state index contributed by atoms with van der Waals surface area (Å²) in [5.74, 6) is -1.25. The van der Waals surface area contributed by atoms with Crippen LogP contribution in [0, 0.1) is 10.1 Å². The number of nitrogens with zero attached hydrogens (tertiary/aromatic N) is 1. The highest BCUT2D eigenvalue weighted by Gasteiger charge is 2.23. The van der Waals surface area contributed by atoms with Crippen molar-refractivity contribution >= 4 is 64.0 Å². The first-order valence-electron chi connectivity index (χ1n) is 13.6. The van der Waals surface area contributed by atoms with Gasteiger partial charge in [-0.25, -0.2) is 0 Å². The fraction of sp³-hybridized carbons (Fsp3) is 0.0294. The molecule has 11 heteroatoms. The zero-order valence-corrected chi connectivity index (χ0v) is 25.2. The lowest BCUT2D eigenvalue weighted by Gasteiger charge is -2.18. The number of hydrogen-bond donors (Lipinski definition) is 3. The molecule has 0 radical (unpaired) electrons. The maximum Gasteiger partial charge on any atom is 0.272 e. The van der Waals surface area contributed by atoms with Crippen LogP contribution in [0.25, 0.3) is 6.08 Å². The van der Waals surface area contributed by atoms with E-state index in [-0.39, 0.29) is 17.3 Å². The fourth-order valence-electron chi connectivity index (χ4n) is 4.22. The summed E-state index contributed by atoms with van der Waals surface area (Å²) in [6, 6.07) is 32.4. The van der Waals surface area contributed by atoms with Crippen LogP contribution in [0.3, 0.4) is 0 Å². The predicted octanol–water partition coefficient (Wildman–Crippen LogP) is 7.54. The number of hydrogen-bond acceptors (Lipinski definition) is 7. The van der Waals surface area contributed by atoms with E-state index in [0.717, 1.165) is 11.1 Å². The van der Waals surface area contributed by atoms with E-state index < -0.39 is 22.0 Å². The van der Waals surface area contributed by atoms with Gasteiger partial charge in [0, 0.05) is 34.0 Å². The molecule has 3 N–H and O–H groups in total. The topological polar surface area (TPSA) is 130 Å². The Kier molecular flexibility index (Phi) is 10.2. The monoisotopic (exact) mass is 634 g/mol. The number of amides is 3. The smallest absolute Gasteiger partial charge is 0.272 e. The first kappa shape index (κ1) is 30.9. The van der Waals surface area contributed by atoms with E-state index in [0.29, 0.717) is 21.8 Å². The Morgan fingerprint density at radius 3 is 2.18 bits per heavy atom. The van der Waals surface area contributed by atoms with Gasteiger partial charge in [0.25, 0.3) is 17.5 Å². The van der Waals surface area contributed by atoms with Gasteiger partial charge in [-0.15, -0.1) is 11.8 Å². The third-order valence-electron chi connectivity index (χ3n) is 6.41. The van der Waals surface area contributed by atoms with Crippen molar-refractivity contribution in [3.63, 3.8) is 0 Å². The van der Waals surface area contributed by atoms with E-state index in [9.17, 15) is 24.5 Å². The number of nitrogens with one attached hydrogen (secondary N) is 3. The molecule has 1 unspecified atom stereocenters. The van der Waals surface area contributed by atoms with Gasteiger partial charge in [-0.1, -0.05) is 54.6 Å². The van der Waals surface area contributed by atoms with Gasteiger partial charge in [0.1, 0.15) is 10.9 Å². The van der Waals surface area contributed by atoms with Crippen LogP contribution in [0.1, 0.15) is 26.7 Å². The lowest BCUT2D eigenvalue weighted by atomic mass is 10.1. The van der Waals surface area contributed by atoms with Crippen LogP contribution in [0.4, 0.5) is 17.1 Å².